The van der Waals surface area contributed by atoms with Gasteiger partial charge in [-0.25, -0.2) is 4.98 Å². The number of hydrogen-bond acceptors (Lipinski definition) is 5. The van der Waals surface area contributed by atoms with Gasteiger partial charge in [-0.15, -0.1) is 0 Å². The van der Waals surface area contributed by atoms with Gasteiger partial charge in [0.05, 0.1) is 23.8 Å². The van der Waals surface area contributed by atoms with Crippen molar-refractivity contribution in [3.8, 4) is 0 Å². The van der Waals surface area contributed by atoms with Gasteiger partial charge in [-0.05, 0) is 36.4 Å². The predicted octanol–water partition coefficient (Wildman–Crippen LogP) is 2.69. The predicted molar refractivity (Wildman–Crippen MR) is 96.0 cm³/mol. The third kappa shape index (κ3) is 3.10. The third-order valence-corrected chi connectivity index (χ3v) is 3.88. The lowest BCUT2D eigenvalue weighted by Gasteiger charge is -2.05. The number of hydrogen-bond donors (Lipinski definition) is 1. The van der Waals surface area contributed by atoms with E-state index >= 15 is 0 Å². The Bertz CT molecular complexity index is 1130. The summed E-state index contributed by atoms with van der Waals surface area (Å²) in [5.74, 6) is 0.286. The smallest absolute Gasteiger partial charge is 0.291 e. The Balaban J connectivity index is 1.54. The number of fused-ring (bicyclic) bond motifs is 1. The van der Waals surface area contributed by atoms with Crippen LogP contribution in [0.5, 0.6) is 0 Å². The summed E-state index contributed by atoms with van der Waals surface area (Å²) in [5, 5.41) is 3.26. The van der Waals surface area contributed by atoms with Crippen molar-refractivity contribution >= 4 is 22.5 Å². The maximum Gasteiger partial charge on any atom is 0.291 e. The second-order valence-corrected chi connectivity index (χ2v) is 5.65. The lowest BCUT2D eigenvalue weighted by atomic mass is 10.2. The van der Waals surface area contributed by atoms with Gasteiger partial charge < -0.3 is 9.73 Å². The van der Waals surface area contributed by atoms with Crippen LogP contribution in [0.15, 0.2) is 76.5 Å². The average Bonchev–Trinajstić information content (AvgIpc) is 3.14. The molecule has 0 spiro atoms. The van der Waals surface area contributed by atoms with Gasteiger partial charge in [-0.1, -0.05) is 12.1 Å². The number of benzene rings is 1. The van der Waals surface area contributed by atoms with E-state index in [1.54, 1.807) is 54.9 Å². The van der Waals surface area contributed by atoms with Crippen LogP contribution < -0.4 is 10.9 Å². The van der Waals surface area contributed by atoms with Crippen LogP contribution in [0.1, 0.15) is 16.3 Å². The van der Waals surface area contributed by atoms with E-state index < -0.39 is 0 Å². The number of amides is 1. The molecule has 3 heterocycles. The molecule has 1 N–H and O–H groups in total. The molecule has 0 radical (unpaired) electrons. The number of nitrogens with one attached hydrogen (secondary N) is 1. The molecular formula is C19H14N4O3. The zero-order valence-electron chi connectivity index (χ0n) is 13.6. The molecule has 3 aromatic heterocycles. The summed E-state index contributed by atoms with van der Waals surface area (Å²) in [7, 11) is 0. The van der Waals surface area contributed by atoms with E-state index in [9.17, 15) is 9.59 Å². The molecule has 26 heavy (non-hydrogen) atoms. The van der Waals surface area contributed by atoms with Crippen LogP contribution in [0.4, 0.5) is 5.69 Å². The average molecular weight is 346 g/mol. The van der Waals surface area contributed by atoms with E-state index in [-0.39, 0.29) is 23.8 Å². The van der Waals surface area contributed by atoms with Gasteiger partial charge in [0.25, 0.3) is 11.5 Å². The lowest BCUT2D eigenvalue weighted by Crippen LogP contribution is -2.20. The molecule has 4 rings (SSSR count). The highest BCUT2D eigenvalue weighted by atomic mass is 16.4. The topological polar surface area (TPSA) is 90.0 Å². The van der Waals surface area contributed by atoms with Gasteiger partial charge in [0.1, 0.15) is 5.76 Å². The summed E-state index contributed by atoms with van der Waals surface area (Å²) < 4.78 is 7.02. The Kier molecular flexibility index (Phi) is 4.03. The fourth-order valence-corrected chi connectivity index (χ4v) is 2.60. The molecule has 0 aliphatic heterocycles. The monoisotopic (exact) mass is 346 g/mol. The van der Waals surface area contributed by atoms with Gasteiger partial charge in [-0.3, -0.25) is 19.1 Å². The number of pyridine rings is 1. The lowest BCUT2D eigenvalue weighted by molar-refractivity contribution is 0.0994. The minimum atomic E-state index is -0.369. The van der Waals surface area contributed by atoms with Crippen LogP contribution in [0.25, 0.3) is 10.9 Å². The molecule has 7 nitrogen and oxygen atoms in total. The minimum Gasteiger partial charge on any atom is -0.454 e. The maximum atomic E-state index is 12.5. The Labute approximate surface area is 147 Å². The highest BCUT2D eigenvalue weighted by Gasteiger charge is 2.13. The largest absolute Gasteiger partial charge is 0.454 e. The molecule has 0 bridgehead atoms. The summed E-state index contributed by atoms with van der Waals surface area (Å²) >= 11 is 0. The van der Waals surface area contributed by atoms with Crippen molar-refractivity contribution in [1.29, 1.82) is 0 Å². The number of carbonyl (C=O) groups is 1. The molecule has 0 unspecified atom stereocenters. The number of anilines is 1. The standard InChI is InChI=1S/C19H14N4O3/c24-18(22-13-7-9-20-10-8-13)17-6-5-14(26-17)11-23-12-21-16-4-2-1-3-15(16)19(23)25/h1-10,12H,11H2,(H,20,22,24). The van der Waals surface area contributed by atoms with E-state index in [1.165, 1.54) is 10.9 Å². The zero-order chi connectivity index (χ0) is 17.9. The fraction of sp³-hybridized carbons (Fsp3) is 0.0526. The Morgan fingerprint density at radius 3 is 2.73 bits per heavy atom. The molecule has 0 aliphatic rings. The number of rotatable bonds is 4. The normalized spacial score (nSPS) is 10.8. The minimum absolute atomic E-state index is 0.158. The van der Waals surface area contributed by atoms with Gasteiger partial charge in [0.15, 0.2) is 5.76 Å². The molecular weight excluding hydrogens is 332 g/mol. The van der Waals surface area contributed by atoms with Gasteiger partial charge in [-0.2, -0.15) is 0 Å². The van der Waals surface area contributed by atoms with Crippen molar-refractivity contribution in [3.05, 3.63) is 89.1 Å². The summed E-state index contributed by atoms with van der Waals surface area (Å²) in [5.41, 5.74) is 1.11. The number of nitrogens with zero attached hydrogens (tertiary/aromatic N) is 3. The first-order valence-electron chi connectivity index (χ1n) is 7.95. The van der Waals surface area contributed by atoms with Crippen molar-refractivity contribution < 1.29 is 9.21 Å². The molecule has 0 fully saturated rings. The van der Waals surface area contributed by atoms with E-state index in [2.05, 4.69) is 15.3 Å². The molecule has 7 heteroatoms. The summed E-state index contributed by atoms with van der Waals surface area (Å²) in [4.78, 5) is 32.9. The number of carbonyl (C=O) groups excluding carboxylic acids is 1. The Morgan fingerprint density at radius 1 is 1.08 bits per heavy atom. The number of aromatic nitrogens is 3. The van der Waals surface area contributed by atoms with Crippen LogP contribution >= 0.6 is 0 Å². The Morgan fingerprint density at radius 2 is 1.88 bits per heavy atom. The maximum absolute atomic E-state index is 12.5. The van der Waals surface area contributed by atoms with Crippen LogP contribution in [0, 0.1) is 0 Å². The van der Waals surface area contributed by atoms with Crippen LogP contribution in [0.2, 0.25) is 0 Å². The number of furan rings is 1. The SMILES string of the molecule is O=C(Nc1ccncc1)c1ccc(Cn2cnc3ccccc3c2=O)o1. The van der Waals surface area contributed by atoms with E-state index in [0.717, 1.165) is 0 Å². The summed E-state index contributed by atoms with van der Waals surface area (Å²) in [6, 6.07) is 13.8. The van der Waals surface area contributed by atoms with E-state index in [4.69, 9.17) is 4.42 Å². The van der Waals surface area contributed by atoms with E-state index in [1.807, 2.05) is 6.07 Å². The summed E-state index contributed by atoms with van der Waals surface area (Å²) in [6.45, 7) is 0.194. The van der Waals surface area contributed by atoms with E-state index in [0.29, 0.717) is 22.4 Å². The highest BCUT2D eigenvalue weighted by Crippen LogP contribution is 2.13. The molecule has 0 saturated heterocycles. The van der Waals surface area contributed by atoms with Crippen molar-refractivity contribution in [1.82, 2.24) is 14.5 Å². The highest BCUT2D eigenvalue weighted by molar-refractivity contribution is 6.02. The number of para-hydroxylation sites is 1. The third-order valence-electron chi connectivity index (χ3n) is 3.88. The second-order valence-electron chi connectivity index (χ2n) is 5.65. The van der Waals surface area contributed by atoms with Crippen molar-refractivity contribution in [2.24, 2.45) is 0 Å². The molecule has 0 saturated carbocycles. The second kappa shape index (κ2) is 6.64. The first-order chi connectivity index (χ1) is 12.7. The van der Waals surface area contributed by atoms with Crippen molar-refractivity contribution in [2.45, 2.75) is 6.54 Å². The van der Waals surface area contributed by atoms with Gasteiger partial charge in [0.2, 0.25) is 0 Å². The van der Waals surface area contributed by atoms with Gasteiger partial charge >= 0.3 is 0 Å². The summed E-state index contributed by atoms with van der Waals surface area (Å²) in [6.07, 6.45) is 4.65. The molecule has 0 aliphatic carbocycles. The van der Waals surface area contributed by atoms with Crippen LogP contribution in [-0.2, 0) is 6.54 Å². The zero-order valence-corrected chi connectivity index (χ0v) is 13.6. The molecule has 1 aromatic carbocycles. The molecule has 4 aromatic rings. The molecule has 1 amide bonds. The van der Waals surface area contributed by atoms with Crippen molar-refractivity contribution in [2.75, 3.05) is 5.32 Å². The fourth-order valence-electron chi connectivity index (χ4n) is 2.60. The Hall–Kier alpha value is -3.74. The van der Waals surface area contributed by atoms with Crippen LogP contribution in [-0.4, -0.2) is 20.4 Å². The van der Waals surface area contributed by atoms with Crippen molar-refractivity contribution in [3.63, 3.8) is 0 Å². The van der Waals surface area contributed by atoms with Gasteiger partial charge in [0, 0.05) is 18.1 Å². The molecule has 0 atom stereocenters. The first kappa shape index (κ1) is 15.8. The van der Waals surface area contributed by atoms with Crippen LogP contribution in [0.3, 0.4) is 0 Å². The quantitative estimate of drug-likeness (QED) is 0.613. The molecule has 128 valence electrons. The first-order valence-corrected chi connectivity index (χ1v) is 7.95.